The fourth-order valence-corrected chi connectivity index (χ4v) is 1.01. The number of aromatic nitrogens is 2. The summed E-state index contributed by atoms with van der Waals surface area (Å²) in [7, 11) is 0. The average molecular weight is 225 g/mol. The van der Waals surface area contributed by atoms with E-state index in [-0.39, 0.29) is 23.4 Å². The molecule has 0 saturated heterocycles. The Morgan fingerprint density at radius 3 is 2.81 bits per heavy atom. The molecule has 1 heterocycles. The Balaban J connectivity index is 2.78. The molecule has 0 aliphatic heterocycles. The van der Waals surface area contributed by atoms with E-state index in [1.807, 2.05) is 13.8 Å². The highest BCUT2D eigenvalue weighted by atomic mass is 16.4. The van der Waals surface area contributed by atoms with Crippen LogP contribution in [-0.2, 0) is 0 Å². The minimum absolute atomic E-state index is 0.00743. The second-order valence-electron chi connectivity index (χ2n) is 4.27. The van der Waals surface area contributed by atoms with Gasteiger partial charge in [0.25, 0.3) is 0 Å². The number of hydrogen-bond acceptors (Lipinski definition) is 5. The van der Waals surface area contributed by atoms with E-state index in [1.165, 1.54) is 12.5 Å². The van der Waals surface area contributed by atoms with E-state index < -0.39 is 5.97 Å². The minimum atomic E-state index is -1.08. The first-order valence-electron chi connectivity index (χ1n) is 4.84. The quantitative estimate of drug-likeness (QED) is 0.679. The van der Waals surface area contributed by atoms with Crippen LogP contribution < -0.4 is 5.32 Å². The minimum Gasteiger partial charge on any atom is -0.477 e. The Bertz CT molecular complexity index is 379. The topological polar surface area (TPSA) is 95.3 Å². The van der Waals surface area contributed by atoms with Gasteiger partial charge in [0, 0.05) is 24.8 Å². The molecule has 0 aliphatic carbocycles. The lowest BCUT2D eigenvalue weighted by Crippen LogP contribution is -2.27. The molecule has 0 fully saturated rings. The summed E-state index contributed by atoms with van der Waals surface area (Å²) in [6.45, 7) is 4.16. The van der Waals surface area contributed by atoms with Crippen molar-refractivity contribution >= 4 is 11.8 Å². The van der Waals surface area contributed by atoms with Crippen LogP contribution in [0.1, 0.15) is 24.2 Å². The molecule has 0 radical (unpaired) electrons. The second kappa shape index (κ2) is 4.89. The third-order valence-corrected chi connectivity index (χ3v) is 2.11. The highest BCUT2D eigenvalue weighted by Gasteiger charge is 2.18. The Morgan fingerprint density at radius 2 is 2.25 bits per heavy atom. The van der Waals surface area contributed by atoms with E-state index in [0.29, 0.717) is 6.54 Å². The summed E-state index contributed by atoms with van der Waals surface area (Å²) in [4.78, 5) is 18.3. The Hall–Kier alpha value is -1.69. The van der Waals surface area contributed by atoms with Gasteiger partial charge in [-0.2, -0.15) is 0 Å². The molecule has 1 rings (SSSR count). The first-order valence-corrected chi connectivity index (χ1v) is 4.84. The number of aliphatic hydroxyl groups excluding tert-OH is 1. The molecule has 88 valence electrons. The van der Waals surface area contributed by atoms with Crippen molar-refractivity contribution in [1.29, 1.82) is 0 Å². The number of carboxylic acid groups (broad SMARTS) is 1. The number of anilines is 1. The van der Waals surface area contributed by atoms with Crippen molar-refractivity contribution in [3.63, 3.8) is 0 Å². The Kier molecular flexibility index (Phi) is 3.78. The van der Waals surface area contributed by atoms with Gasteiger partial charge >= 0.3 is 5.97 Å². The van der Waals surface area contributed by atoms with Gasteiger partial charge in [0.15, 0.2) is 0 Å². The number of nitrogens with zero attached hydrogens (tertiary/aromatic N) is 2. The zero-order valence-corrected chi connectivity index (χ0v) is 9.27. The van der Waals surface area contributed by atoms with Crippen LogP contribution in [0.4, 0.5) is 5.82 Å². The van der Waals surface area contributed by atoms with E-state index in [1.54, 1.807) is 0 Å². The fourth-order valence-electron chi connectivity index (χ4n) is 1.01. The van der Waals surface area contributed by atoms with Crippen LogP contribution in [0.2, 0.25) is 0 Å². The fraction of sp³-hybridized carbons (Fsp3) is 0.500. The summed E-state index contributed by atoms with van der Waals surface area (Å²) in [6.07, 6.45) is 2.52. The largest absolute Gasteiger partial charge is 0.477 e. The van der Waals surface area contributed by atoms with Crippen molar-refractivity contribution in [3.8, 4) is 0 Å². The van der Waals surface area contributed by atoms with Crippen molar-refractivity contribution in [2.75, 3.05) is 18.5 Å². The maximum absolute atomic E-state index is 10.8. The molecule has 16 heavy (non-hydrogen) atoms. The van der Waals surface area contributed by atoms with E-state index in [2.05, 4.69) is 15.3 Å². The van der Waals surface area contributed by atoms with Gasteiger partial charge in [-0.1, -0.05) is 13.8 Å². The first kappa shape index (κ1) is 12.4. The maximum Gasteiger partial charge on any atom is 0.341 e. The van der Waals surface area contributed by atoms with Crippen LogP contribution in [0, 0.1) is 5.41 Å². The SMILES string of the molecule is CC(C)(CO)CNc1ncncc1C(=O)O. The van der Waals surface area contributed by atoms with Crippen LogP contribution in [0.25, 0.3) is 0 Å². The summed E-state index contributed by atoms with van der Waals surface area (Å²) < 4.78 is 0. The lowest BCUT2D eigenvalue weighted by Gasteiger charge is -2.22. The van der Waals surface area contributed by atoms with E-state index in [0.717, 1.165) is 0 Å². The van der Waals surface area contributed by atoms with Crippen molar-refractivity contribution in [1.82, 2.24) is 9.97 Å². The normalized spacial score (nSPS) is 11.2. The molecule has 0 aromatic carbocycles. The lowest BCUT2D eigenvalue weighted by molar-refractivity contribution is 0.0697. The van der Waals surface area contributed by atoms with Crippen molar-refractivity contribution < 1.29 is 15.0 Å². The third kappa shape index (κ3) is 3.16. The number of hydrogen-bond donors (Lipinski definition) is 3. The molecule has 1 aromatic rings. The Labute approximate surface area is 93.4 Å². The molecule has 0 amide bonds. The van der Waals surface area contributed by atoms with Crippen LogP contribution in [-0.4, -0.2) is 39.3 Å². The summed E-state index contributed by atoms with van der Waals surface area (Å²) in [6, 6.07) is 0. The number of carbonyl (C=O) groups is 1. The maximum atomic E-state index is 10.8. The van der Waals surface area contributed by atoms with Gasteiger partial charge in [-0.05, 0) is 0 Å². The van der Waals surface area contributed by atoms with E-state index in [4.69, 9.17) is 10.2 Å². The molecule has 0 atom stereocenters. The van der Waals surface area contributed by atoms with Gasteiger partial charge in [0.05, 0.1) is 0 Å². The molecule has 6 heteroatoms. The molecule has 0 saturated carbocycles. The van der Waals surface area contributed by atoms with E-state index in [9.17, 15) is 4.79 Å². The second-order valence-corrected chi connectivity index (χ2v) is 4.27. The monoisotopic (exact) mass is 225 g/mol. The van der Waals surface area contributed by atoms with Gasteiger partial charge in [-0.3, -0.25) is 0 Å². The van der Waals surface area contributed by atoms with Crippen molar-refractivity contribution in [2.24, 2.45) is 5.41 Å². The van der Waals surface area contributed by atoms with Crippen LogP contribution in [0.15, 0.2) is 12.5 Å². The molecule has 0 unspecified atom stereocenters. The molecule has 1 aromatic heterocycles. The molecule has 0 aliphatic rings. The molecule has 0 spiro atoms. The highest BCUT2D eigenvalue weighted by Crippen LogP contribution is 2.16. The summed E-state index contributed by atoms with van der Waals surface area (Å²) in [5, 5.41) is 20.8. The van der Waals surface area contributed by atoms with Crippen molar-refractivity contribution in [2.45, 2.75) is 13.8 Å². The number of rotatable bonds is 5. The third-order valence-electron chi connectivity index (χ3n) is 2.11. The molecular weight excluding hydrogens is 210 g/mol. The highest BCUT2D eigenvalue weighted by molar-refractivity contribution is 5.92. The number of carboxylic acids is 1. The predicted molar refractivity (Wildman–Crippen MR) is 58.3 cm³/mol. The van der Waals surface area contributed by atoms with Crippen LogP contribution in [0.3, 0.4) is 0 Å². The molecule has 0 bridgehead atoms. The summed E-state index contributed by atoms with van der Waals surface area (Å²) >= 11 is 0. The number of aliphatic hydroxyl groups is 1. The molecule has 6 nitrogen and oxygen atoms in total. The van der Waals surface area contributed by atoms with Crippen LogP contribution >= 0.6 is 0 Å². The van der Waals surface area contributed by atoms with Gasteiger partial charge in [0.1, 0.15) is 17.7 Å². The van der Waals surface area contributed by atoms with Gasteiger partial charge in [-0.15, -0.1) is 0 Å². The van der Waals surface area contributed by atoms with Gasteiger partial charge < -0.3 is 15.5 Å². The number of aromatic carboxylic acids is 1. The zero-order valence-electron chi connectivity index (χ0n) is 9.27. The van der Waals surface area contributed by atoms with E-state index >= 15 is 0 Å². The molecule has 3 N–H and O–H groups in total. The zero-order chi connectivity index (χ0) is 12.2. The first-order chi connectivity index (χ1) is 7.46. The summed E-state index contributed by atoms with van der Waals surface area (Å²) in [5.74, 6) is -0.811. The van der Waals surface area contributed by atoms with Crippen LogP contribution in [0.5, 0.6) is 0 Å². The van der Waals surface area contributed by atoms with Gasteiger partial charge in [-0.25, -0.2) is 14.8 Å². The predicted octanol–water partition coefficient (Wildman–Crippen LogP) is 0.605. The van der Waals surface area contributed by atoms with Crippen molar-refractivity contribution in [3.05, 3.63) is 18.1 Å². The standard InChI is InChI=1S/C10H15N3O3/c1-10(2,5-14)4-12-8-7(9(15)16)3-11-6-13-8/h3,6,14H,4-5H2,1-2H3,(H,15,16)(H,11,12,13). The lowest BCUT2D eigenvalue weighted by atomic mass is 9.95. The molecular formula is C10H15N3O3. The number of nitrogens with one attached hydrogen (secondary N) is 1. The Morgan fingerprint density at radius 1 is 1.56 bits per heavy atom. The summed E-state index contributed by atoms with van der Waals surface area (Å²) in [5.41, 5.74) is -0.308. The average Bonchev–Trinajstić information content (AvgIpc) is 2.27. The smallest absolute Gasteiger partial charge is 0.341 e. The van der Waals surface area contributed by atoms with Gasteiger partial charge in [0.2, 0.25) is 0 Å².